The zero-order valence-corrected chi connectivity index (χ0v) is 13.7. The molecule has 0 unspecified atom stereocenters. The van der Waals surface area contributed by atoms with E-state index in [2.05, 4.69) is 20.8 Å². The number of nitro benzene ring substituents is 1. The lowest BCUT2D eigenvalue weighted by Crippen LogP contribution is -2.13. The third kappa shape index (κ3) is 5.90. The molecule has 0 saturated carbocycles. The van der Waals surface area contributed by atoms with Crippen LogP contribution in [0.1, 0.15) is 20.8 Å². The molecule has 9 heteroatoms. The molecule has 0 radical (unpaired) electrons. The number of thioether (sulfide) groups is 1. The van der Waals surface area contributed by atoms with Crippen LogP contribution < -0.4 is 9.88 Å². The summed E-state index contributed by atoms with van der Waals surface area (Å²) in [7, 11) is -3.98. The number of primary sulfonamides is 1. The largest absolute Gasteiger partial charge is 0.486 e. The van der Waals surface area contributed by atoms with Crippen LogP contribution in [0, 0.1) is 10.1 Å². The van der Waals surface area contributed by atoms with Crippen molar-refractivity contribution in [2.75, 3.05) is 12.4 Å². The number of nitro groups is 1. The lowest BCUT2D eigenvalue weighted by atomic mass is 10.3. The number of nitrogens with two attached hydrogens (primary N) is 1. The number of sulfonamides is 1. The molecule has 118 valence electrons. The van der Waals surface area contributed by atoms with Gasteiger partial charge in [0.05, 0.1) is 16.4 Å². The van der Waals surface area contributed by atoms with Gasteiger partial charge in [0, 0.05) is 16.6 Å². The van der Waals surface area contributed by atoms with E-state index in [0.717, 1.165) is 6.07 Å². The molecule has 0 aromatic heterocycles. The zero-order chi connectivity index (χ0) is 16.3. The molecule has 0 bridgehead atoms. The van der Waals surface area contributed by atoms with Crippen LogP contribution in [-0.2, 0) is 10.0 Å². The van der Waals surface area contributed by atoms with Gasteiger partial charge in [-0.3, -0.25) is 10.1 Å². The summed E-state index contributed by atoms with van der Waals surface area (Å²) in [5, 5.41) is 15.9. The first-order valence-corrected chi connectivity index (χ1v) is 8.62. The quantitative estimate of drug-likeness (QED) is 0.484. The Kier molecular flexibility index (Phi) is 5.60. The Hall–Kier alpha value is -1.32. The first-order valence-electron chi connectivity index (χ1n) is 6.09. The summed E-state index contributed by atoms with van der Waals surface area (Å²) in [5.41, 5.74) is -0.415. The van der Waals surface area contributed by atoms with E-state index in [1.54, 1.807) is 11.8 Å². The second kappa shape index (κ2) is 6.63. The Morgan fingerprint density at radius 1 is 1.38 bits per heavy atom. The Morgan fingerprint density at radius 3 is 2.48 bits per heavy atom. The maximum atomic E-state index is 11.2. The summed E-state index contributed by atoms with van der Waals surface area (Å²) in [6, 6.07) is 3.34. The van der Waals surface area contributed by atoms with Gasteiger partial charge in [-0.1, -0.05) is 20.8 Å². The van der Waals surface area contributed by atoms with Gasteiger partial charge in [-0.25, -0.2) is 13.6 Å². The van der Waals surface area contributed by atoms with E-state index in [1.165, 1.54) is 12.1 Å². The highest BCUT2D eigenvalue weighted by Crippen LogP contribution is 2.30. The highest BCUT2D eigenvalue weighted by atomic mass is 32.2. The normalized spacial score (nSPS) is 12.2. The number of ether oxygens (including phenoxy) is 1. The van der Waals surface area contributed by atoms with Gasteiger partial charge in [-0.15, -0.1) is 0 Å². The topological polar surface area (TPSA) is 113 Å². The number of rotatable bonds is 6. The highest BCUT2D eigenvalue weighted by Gasteiger charge is 2.20. The zero-order valence-electron chi connectivity index (χ0n) is 12.0. The summed E-state index contributed by atoms with van der Waals surface area (Å²) in [6.45, 7) is 6.46. The monoisotopic (exact) mass is 334 g/mol. The van der Waals surface area contributed by atoms with Crippen molar-refractivity contribution in [2.45, 2.75) is 30.4 Å². The first-order chi connectivity index (χ1) is 9.50. The molecule has 1 rings (SSSR count). The number of hydrogen-bond acceptors (Lipinski definition) is 6. The molecular formula is C12H18N2O5S2. The van der Waals surface area contributed by atoms with Gasteiger partial charge in [0.2, 0.25) is 10.0 Å². The SMILES string of the molecule is CC(C)(C)SCCOc1ccc(S(N)(=O)=O)cc1[N+](=O)[O-]. The number of nitrogens with zero attached hydrogens (tertiary/aromatic N) is 1. The maximum absolute atomic E-state index is 11.2. The van der Waals surface area contributed by atoms with Crippen LogP contribution in [0.15, 0.2) is 23.1 Å². The highest BCUT2D eigenvalue weighted by molar-refractivity contribution is 8.00. The van der Waals surface area contributed by atoms with E-state index in [-0.39, 0.29) is 22.0 Å². The van der Waals surface area contributed by atoms with Crippen LogP contribution in [0.5, 0.6) is 5.75 Å². The summed E-state index contributed by atoms with van der Waals surface area (Å²) in [6.07, 6.45) is 0. The molecular weight excluding hydrogens is 316 g/mol. The molecule has 7 nitrogen and oxygen atoms in total. The molecule has 1 aromatic rings. The van der Waals surface area contributed by atoms with Crippen molar-refractivity contribution in [3.05, 3.63) is 28.3 Å². The van der Waals surface area contributed by atoms with E-state index in [4.69, 9.17) is 9.88 Å². The second-order valence-electron chi connectivity index (χ2n) is 5.24. The van der Waals surface area contributed by atoms with Gasteiger partial charge in [-0.2, -0.15) is 11.8 Å². The van der Waals surface area contributed by atoms with E-state index in [0.29, 0.717) is 5.75 Å². The number of hydrogen-bond donors (Lipinski definition) is 1. The van der Waals surface area contributed by atoms with Gasteiger partial charge in [-0.05, 0) is 12.1 Å². The third-order valence-electron chi connectivity index (χ3n) is 2.33. The van der Waals surface area contributed by atoms with Crippen LogP contribution in [0.4, 0.5) is 5.69 Å². The van der Waals surface area contributed by atoms with Crippen molar-refractivity contribution in [2.24, 2.45) is 5.14 Å². The van der Waals surface area contributed by atoms with E-state index < -0.39 is 20.6 Å². The fourth-order valence-corrected chi connectivity index (χ4v) is 2.75. The molecule has 0 heterocycles. The molecule has 0 aliphatic carbocycles. The van der Waals surface area contributed by atoms with Gasteiger partial charge < -0.3 is 4.74 Å². The lowest BCUT2D eigenvalue weighted by Gasteiger charge is -2.17. The van der Waals surface area contributed by atoms with Crippen molar-refractivity contribution >= 4 is 27.5 Å². The van der Waals surface area contributed by atoms with Crippen molar-refractivity contribution < 1.29 is 18.1 Å². The standard InChI is InChI=1S/C12H18N2O5S2/c1-12(2,3)20-7-6-19-11-5-4-9(21(13,17)18)8-10(11)14(15)16/h4-5,8H,6-7H2,1-3H3,(H2,13,17,18). The van der Waals surface area contributed by atoms with Crippen LogP contribution in [0.25, 0.3) is 0 Å². The summed E-state index contributed by atoms with van der Waals surface area (Å²) >= 11 is 1.66. The minimum absolute atomic E-state index is 0.0295. The molecule has 0 aliphatic heterocycles. The Morgan fingerprint density at radius 2 is 2.00 bits per heavy atom. The average Bonchev–Trinajstić information content (AvgIpc) is 2.32. The predicted molar refractivity (Wildman–Crippen MR) is 82.2 cm³/mol. The first kappa shape index (κ1) is 17.7. The van der Waals surface area contributed by atoms with Crippen molar-refractivity contribution in [3.63, 3.8) is 0 Å². The van der Waals surface area contributed by atoms with Crippen molar-refractivity contribution in [3.8, 4) is 5.75 Å². The van der Waals surface area contributed by atoms with E-state index in [9.17, 15) is 18.5 Å². The van der Waals surface area contributed by atoms with Crippen LogP contribution in [0.3, 0.4) is 0 Å². The molecule has 0 saturated heterocycles. The Balaban J connectivity index is 2.86. The average molecular weight is 334 g/mol. The van der Waals surface area contributed by atoms with Crippen LogP contribution >= 0.6 is 11.8 Å². The van der Waals surface area contributed by atoms with Gasteiger partial charge in [0.15, 0.2) is 5.75 Å². The number of benzene rings is 1. The molecule has 0 spiro atoms. The minimum Gasteiger partial charge on any atom is -0.486 e. The summed E-state index contributed by atoms with van der Waals surface area (Å²) in [4.78, 5) is 9.97. The van der Waals surface area contributed by atoms with Gasteiger partial charge in [0.1, 0.15) is 0 Å². The van der Waals surface area contributed by atoms with E-state index >= 15 is 0 Å². The molecule has 0 fully saturated rings. The Labute approximate surface area is 128 Å². The van der Waals surface area contributed by atoms with Gasteiger partial charge >= 0.3 is 5.69 Å². The maximum Gasteiger partial charge on any atom is 0.312 e. The fraction of sp³-hybridized carbons (Fsp3) is 0.500. The Bertz CT molecular complexity index is 623. The van der Waals surface area contributed by atoms with E-state index in [1.807, 2.05) is 0 Å². The molecule has 0 atom stereocenters. The van der Waals surface area contributed by atoms with Crippen LogP contribution in [0.2, 0.25) is 0 Å². The summed E-state index contributed by atoms with van der Waals surface area (Å²) < 4.78 is 27.8. The fourth-order valence-electron chi connectivity index (χ4n) is 1.44. The molecule has 0 amide bonds. The lowest BCUT2D eigenvalue weighted by molar-refractivity contribution is -0.386. The molecule has 0 aliphatic rings. The predicted octanol–water partition coefficient (Wildman–Crippen LogP) is 2.15. The molecule has 2 N–H and O–H groups in total. The smallest absolute Gasteiger partial charge is 0.312 e. The van der Waals surface area contributed by atoms with Crippen molar-refractivity contribution in [1.29, 1.82) is 0 Å². The van der Waals surface area contributed by atoms with Gasteiger partial charge in [0.25, 0.3) is 0 Å². The summed E-state index contributed by atoms with van der Waals surface area (Å²) in [5.74, 6) is 0.694. The van der Waals surface area contributed by atoms with Crippen molar-refractivity contribution in [1.82, 2.24) is 0 Å². The van der Waals surface area contributed by atoms with Crippen LogP contribution in [-0.4, -0.2) is 30.4 Å². The molecule has 1 aromatic carbocycles. The molecule has 21 heavy (non-hydrogen) atoms. The second-order valence-corrected chi connectivity index (χ2v) is 8.72. The third-order valence-corrected chi connectivity index (χ3v) is 4.48. The minimum atomic E-state index is -3.98.